The molecule has 0 bridgehead atoms. The first-order valence-corrected chi connectivity index (χ1v) is 7.92. The molecule has 0 atom stereocenters. The fourth-order valence-corrected chi connectivity index (χ4v) is 2.38. The van der Waals surface area contributed by atoms with Gasteiger partial charge in [-0.15, -0.1) is 0 Å². The summed E-state index contributed by atoms with van der Waals surface area (Å²) in [4.78, 5) is 11.4. The number of carbonyl (C=O) groups is 1. The van der Waals surface area contributed by atoms with Gasteiger partial charge < -0.3 is 24.8 Å². The van der Waals surface area contributed by atoms with Crippen molar-refractivity contribution >= 4 is 6.03 Å². The van der Waals surface area contributed by atoms with Crippen LogP contribution in [0.3, 0.4) is 0 Å². The van der Waals surface area contributed by atoms with Crippen LogP contribution in [0.25, 0.3) is 0 Å². The quantitative estimate of drug-likeness (QED) is 0.615. The predicted molar refractivity (Wildman–Crippen MR) is 91.4 cm³/mol. The largest absolute Gasteiger partial charge is 0.483 e. The molecule has 1 aliphatic rings. The van der Waals surface area contributed by atoms with Gasteiger partial charge in [-0.05, 0) is 19.9 Å². The normalized spacial score (nSPS) is 14.0. The minimum atomic E-state index is -0.265. The average Bonchev–Trinajstić information content (AvgIpc) is 2.85. The number of fused-ring (bicyclic) bond motifs is 1. The Hall–Kier alpha value is -2.39. The van der Waals surface area contributed by atoms with Crippen molar-refractivity contribution in [2.24, 2.45) is 0 Å². The molecule has 0 radical (unpaired) electrons. The van der Waals surface area contributed by atoms with Gasteiger partial charge in [0.15, 0.2) is 11.5 Å². The van der Waals surface area contributed by atoms with E-state index in [1.807, 2.05) is 12.1 Å². The van der Waals surface area contributed by atoms with E-state index in [1.165, 1.54) is 0 Å². The molecular formula is C18H24N2O4. The van der Waals surface area contributed by atoms with Gasteiger partial charge in [0.05, 0.1) is 13.2 Å². The summed E-state index contributed by atoms with van der Waals surface area (Å²) in [5.41, 5.74) is 0.952. The van der Waals surface area contributed by atoms with Crippen molar-refractivity contribution in [2.45, 2.75) is 25.9 Å². The second-order valence-electron chi connectivity index (χ2n) is 6.03. The first-order valence-electron chi connectivity index (χ1n) is 7.92. The maximum Gasteiger partial charge on any atom is 0.315 e. The van der Waals surface area contributed by atoms with Crippen LogP contribution in [0, 0.1) is 11.8 Å². The van der Waals surface area contributed by atoms with E-state index >= 15 is 0 Å². The van der Waals surface area contributed by atoms with E-state index in [9.17, 15) is 4.79 Å². The zero-order valence-electron chi connectivity index (χ0n) is 14.4. The molecule has 0 fully saturated rings. The number of carbonyl (C=O) groups excluding carboxylic acids is 1. The highest BCUT2D eigenvalue weighted by Crippen LogP contribution is 2.41. The van der Waals surface area contributed by atoms with Gasteiger partial charge in [-0.1, -0.05) is 24.0 Å². The Morgan fingerprint density at radius 2 is 2.17 bits per heavy atom. The molecule has 0 aliphatic carbocycles. The van der Waals surface area contributed by atoms with Crippen molar-refractivity contribution in [1.29, 1.82) is 0 Å². The molecule has 1 aliphatic heterocycles. The average molecular weight is 332 g/mol. The van der Waals surface area contributed by atoms with E-state index in [0.717, 1.165) is 17.7 Å². The van der Waals surface area contributed by atoms with E-state index in [2.05, 4.69) is 42.4 Å². The van der Waals surface area contributed by atoms with E-state index in [0.29, 0.717) is 18.9 Å². The molecule has 6 nitrogen and oxygen atoms in total. The monoisotopic (exact) mass is 332 g/mol. The van der Waals surface area contributed by atoms with Crippen LogP contribution >= 0.6 is 0 Å². The van der Waals surface area contributed by atoms with Gasteiger partial charge in [-0.3, -0.25) is 0 Å². The van der Waals surface area contributed by atoms with Gasteiger partial charge in [0.25, 0.3) is 0 Å². The predicted octanol–water partition coefficient (Wildman–Crippen LogP) is 1.73. The van der Waals surface area contributed by atoms with Gasteiger partial charge in [-0.2, -0.15) is 0 Å². The van der Waals surface area contributed by atoms with Crippen molar-refractivity contribution in [3.63, 3.8) is 0 Å². The molecule has 0 spiro atoms. The molecule has 0 saturated heterocycles. The summed E-state index contributed by atoms with van der Waals surface area (Å²) in [6.07, 6.45) is 0.868. The summed E-state index contributed by atoms with van der Waals surface area (Å²) < 4.78 is 16.5. The zero-order valence-corrected chi connectivity index (χ0v) is 14.4. The molecule has 0 saturated carbocycles. The Labute approximate surface area is 142 Å². The van der Waals surface area contributed by atoms with Crippen LogP contribution in [-0.2, 0) is 11.2 Å². The maximum absolute atomic E-state index is 11.4. The molecule has 1 aromatic rings. The number of nitrogens with one attached hydrogen (secondary N) is 2. The lowest BCUT2D eigenvalue weighted by molar-refractivity contribution is 0.133. The molecular weight excluding hydrogens is 308 g/mol. The molecule has 1 heterocycles. The molecule has 0 aromatic heterocycles. The molecule has 2 rings (SSSR count). The number of ether oxygens (including phenoxy) is 3. The number of hydrogen-bond acceptors (Lipinski definition) is 4. The number of methoxy groups -OCH3 is 1. The topological polar surface area (TPSA) is 68.8 Å². The Morgan fingerprint density at radius 3 is 2.96 bits per heavy atom. The number of benzene rings is 1. The highest BCUT2D eigenvalue weighted by atomic mass is 16.5. The standard InChI is InChI=1S/C18H24N2O4/c1-18(2)13-14-7-6-8-15(16(14)24-18)23-11-5-4-9-19-17(21)20-10-12-22-3/h6-8H,9-13H2,1-3H3,(H2,19,20,21). The Balaban J connectivity index is 1.73. The van der Waals surface area contributed by atoms with Crippen LogP contribution in [-0.4, -0.2) is 45.0 Å². The van der Waals surface area contributed by atoms with Crippen LogP contribution in [0.4, 0.5) is 4.79 Å². The fraction of sp³-hybridized carbons (Fsp3) is 0.500. The summed E-state index contributed by atoms with van der Waals surface area (Å²) >= 11 is 0. The highest BCUT2D eigenvalue weighted by Gasteiger charge is 2.32. The van der Waals surface area contributed by atoms with Crippen LogP contribution in [0.1, 0.15) is 19.4 Å². The molecule has 2 N–H and O–H groups in total. The van der Waals surface area contributed by atoms with E-state index in [4.69, 9.17) is 14.2 Å². The van der Waals surface area contributed by atoms with Gasteiger partial charge in [0, 0.05) is 25.6 Å². The lowest BCUT2D eigenvalue weighted by atomic mass is 10.0. The van der Waals surface area contributed by atoms with Crippen LogP contribution in [0.5, 0.6) is 11.5 Å². The Bertz CT molecular complexity index is 632. The van der Waals surface area contributed by atoms with Crippen molar-refractivity contribution in [2.75, 3.05) is 33.4 Å². The smallest absolute Gasteiger partial charge is 0.315 e. The van der Waals surface area contributed by atoms with Crippen LogP contribution < -0.4 is 20.1 Å². The zero-order chi connectivity index (χ0) is 17.4. The minimum Gasteiger partial charge on any atom is -0.483 e. The van der Waals surface area contributed by atoms with E-state index < -0.39 is 0 Å². The number of amides is 2. The lowest BCUT2D eigenvalue weighted by Crippen LogP contribution is -2.37. The van der Waals surface area contributed by atoms with Crippen molar-refractivity contribution in [1.82, 2.24) is 10.6 Å². The summed E-state index contributed by atoms with van der Waals surface area (Å²) in [5.74, 6) is 7.23. The molecule has 130 valence electrons. The second kappa shape index (κ2) is 8.46. The van der Waals surface area contributed by atoms with Crippen molar-refractivity contribution in [3.05, 3.63) is 23.8 Å². The molecule has 2 amide bonds. The Morgan fingerprint density at radius 1 is 1.33 bits per heavy atom. The second-order valence-corrected chi connectivity index (χ2v) is 6.03. The van der Waals surface area contributed by atoms with Gasteiger partial charge in [-0.25, -0.2) is 4.79 Å². The highest BCUT2D eigenvalue weighted by molar-refractivity contribution is 5.74. The minimum absolute atomic E-state index is 0.201. The summed E-state index contributed by atoms with van der Waals surface area (Å²) in [5, 5.41) is 5.28. The number of para-hydroxylation sites is 1. The van der Waals surface area contributed by atoms with Crippen LogP contribution in [0.2, 0.25) is 0 Å². The van der Waals surface area contributed by atoms with E-state index in [1.54, 1.807) is 7.11 Å². The van der Waals surface area contributed by atoms with Gasteiger partial charge >= 0.3 is 6.03 Å². The third-order valence-corrected chi connectivity index (χ3v) is 3.41. The number of urea groups is 1. The first-order chi connectivity index (χ1) is 11.5. The van der Waals surface area contributed by atoms with Crippen LogP contribution in [0.15, 0.2) is 18.2 Å². The van der Waals surface area contributed by atoms with Crippen molar-refractivity contribution in [3.8, 4) is 23.3 Å². The maximum atomic E-state index is 11.4. The SMILES string of the molecule is COCCNC(=O)NCC#CCOc1cccc2c1OC(C)(C)C2. The third-order valence-electron chi connectivity index (χ3n) is 3.41. The van der Waals surface area contributed by atoms with Crippen molar-refractivity contribution < 1.29 is 19.0 Å². The summed E-state index contributed by atoms with van der Waals surface area (Å²) in [6, 6.07) is 5.62. The number of rotatable bonds is 6. The lowest BCUT2D eigenvalue weighted by Gasteiger charge is -2.17. The van der Waals surface area contributed by atoms with E-state index in [-0.39, 0.29) is 24.8 Å². The van der Waals surface area contributed by atoms with Gasteiger partial charge in [0.1, 0.15) is 12.2 Å². The molecule has 0 unspecified atom stereocenters. The molecule has 6 heteroatoms. The van der Waals surface area contributed by atoms with Gasteiger partial charge in [0.2, 0.25) is 0 Å². The summed E-state index contributed by atoms with van der Waals surface area (Å²) in [7, 11) is 1.58. The third kappa shape index (κ3) is 5.36. The fourth-order valence-electron chi connectivity index (χ4n) is 2.38. The first kappa shape index (κ1) is 18.0. The Kier molecular flexibility index (Phi) is 6.33. The molecule has 24 heavy (non-hydrogen) atoms. The summed E-state index contributed by atoms with van der Waals surface area (Å²) in [6.45, 7) is 5.56. The molecule has 1 aromatic carbocycles. The number of hydrogen-bond donors (Lipinski definition) is 2.